The van der Waals surface area contributed by atoms with E-state index in [9.17, 15) is 13.2 Å². The molecule has 18 heavy (non-hydrogen) atoms. The SMILES string of the molecule is CC(Nc1cc(F)cc(F)c1F)c1csc(Cl)c1. The summed E-state index contributed by atoms with van der Waals surface area (Å²) in [7, 11) is 0. The lowest BCUT2D eigenvalue weighted by molar-refractivity contribution is 0.496. The largest absolute Gasteiger partial charge is 0.376 e. The molecule has 1 aromatic carbocycles. The highest BCUT2D eigenvalue weighted by Gasteiger charge is 2.14. The molecule has 2 aromatic rings. The van der Waals surface area contributed by atoms with Gasteiger partial charge in [0.1, 0.15) is 5.82 Å². The zero-order valence-corrected chi connectivity index (χ0v) is 10.9. The lowest BCUT2D eigenvalue weighted by atomic mass is 10.1. The minimum absolute atomic E-state index is 0.206. The average molecular weight is 292 g/mol. The number of benzene rings is 1. The van der Waals surface area contributed by atoms with E-state index in [-0.39, 0.29) is 11.7 Å². The fourth-order valence-electron chi connectivity index (χ4n) is 1.53. The van der Waals surface area contributed by atoms with E-state index in [0.29, 0.717) is 10.4 Å². The minimum atomic E-state index is -1.21. The van der Waals surface area contributed by atoms with Crippen molar-refractivity contribution in [1.29, 1.82) is 0 Å². The molecule has 6 heteroatoms. The number of anilines is 1. The second-order valence-corrected chi connectivity index (χ2v) is 5.34. The van der Waals surface area contributed by atoms with Crippen LogP contribution in [0.5, 0.6) is 0 Å². The Bertz CT molecular complexity index is 570. The van der Waals surface area contributed by atoms with E-state index in [2.05, 4.69) is 5.32 Å². The summed E-state index contributed by atoms with van der Waals surface area (Å²) in [5.41, 5.74) is 0.622. The molecule has 0 fully saturated rings. The number of hydrogen-bond acceptors (Lipinski definition) is 2. The number of halogens is 4. The van der Waals surface area contributed by atoms with Gasteiger partial charge in [0, 0.05) is 18.2 Å². The molecule has 96 valence electrons. The third-order valence-corrected chi connectivity index (χ3v) is 3.56. The van der Waals surface area contributed by atoms with Crippen LogP contribution in [0.1, 0.15) is 18.5 Å². The molecule has 0 saturated carbocycles. The van der Waals surface area contributed by atoms with E-state index < -0.39 is 17.5 Å². The van der Waals surface area contributed by atoms with Crippen molar-refractivity contribution in [3.8, 4) is 0 Å². The van der Waals surface area contributed by atoms with Crippen molar-refractivity contribution in [3.63, 3.8) is 0 Å². The monoisotopic (exact) mass is 291 g/mol. The number of hydrogen-bond donors (Lipinski definition) is 1. The molecule has 1 N–H and O–H groups in total. The molecule has 2 rings (SSSR count). The van der Waals surface area contributed by atoms with E-state index in [0.717, 1.165) is 11.6 Å². The maximum absolute atomic E-state index is 13.4. The predicted molar refractivity (Wildman–Crippen MR) is 67.7 cm³/mol. The van der Waals surface area contributed by atoms with Crippen molar-refractivity contribution in [1.82, 2.24) is 0 Å². The Kier molecular flexibility index (Phi) is 3.82. The molecule has 1 nitrogen and oxygen atoms in total. The van der Waals surface area contributed by atoms with Crippen LogP contribution in [-0.4, -0.2) is 0 Å². The van der Waals surface area contributed by atoms with Gasteiger partial charge in [-0.2, -0.15) is 0 Å². The smallest absolute Gasteiger partial charge is 0.182 e. The zero-order valence-electron chi connectivity index (χ0n) is 9.31. The van der Waals surface area contributed by atoms with Crippen LogP contribution in [0.25, 0.3) is 0 Å². The Hall–Kier alpha value is -1.20. The fraction of sp³-hybridized carbons (Fsp3) is 0.167. The zero-order chi connectivity index (χ0) is 13.3. The Morgan fingerprint density at radius 3 is 2.56 bits per heavy atom. The van der Waals surface area contributed by atoms with Crippen molar-refractivity contribution < 1.29 is 13.2 Å². The first kappa shape index (κ1) is 13.2. The van der Waals surface area contributed by atoms with Crippen LogP contribution in [0, 0.1) is 17.5 Å². The van der Waals surface area contributed by atoms with E-state index in [1.165, 1.54) is 11.3 Å². The van der Waals surface area contributed by atoms with Gasteiger partial charge in [-0.3, -0.25) is 0 Å². The highest BCUT2D eigenvalue weighted by Crippen LogP contribution is 2.28. The summed E-state index contributed by atoms with van der Waals surface area (Å²) in [6, 6.07) is 2.84. The van der Waals surface area contributed by atoms with Crippen molar-refractivity contribution in [2.45, 2.75) is 13.0 Å². The standard InChI is InChI=1S/C12H9ClF3NS/c1-6(7-2-11(13)18-5-7)17-10-4-8(14)3-9(15)12(10)16/h2-6,17H,1H3. The second kappa shape index (κ2) is 5.20. The van der Waals surface area contributed by atoms with E-state index in [4.69, 9.17) is 11.6 Å². The second-order valence-electron chi connectivity index (χ2n) is 3.80. The Balaban J connectivity index is 2.24. The Morgan fingerprint density at radius 1 is 1.22 bits per heavy atom. The molecule has 0 aliphatic carbocycles. The van der Waals surface area contributed by atoms with Gasteiger partial charge in [0.15, 0.2) is 11.6 Å². The molecular formula is C12H9ClF3NS. The van der Waals surface area contributed by atoms with Gasteiger partial charge >= 0.3 is 0 Å². The summed E-state index contributed by atoms with van der Waals surface area (Å²) >= 11 is 7.12. The minimum Gasteiger partial charge on any atom is -0.376 e. The Morgan fingerprint density at radius 2 is 1.94 bits per heavy atom. The molecule has 0 spiro atoms. The molecular weight excluding hydrogens is 283 g/mol. The first-order chi connectivity index (χ1) is 8.47. The van der Waals surface area contributed by atoms with Crippen LogP contribution in [0.2, 0.25) is 4.34 Å². The third-order valence-electron chi connectivity index (χ3n) is 2.45. The van der Waals surface area contributed by atoms with Gasteiger partial charge in [0.25, 0.3) is 0 Å². The van der Waals surface area contributed by atoms with E-state index in [1.54, 1.807) is 18.4 Å². The van der Waals surface area contributed by atoms with Gasteiger partial charge in [-0.15, -0.1) is 11.3 Å². The van der Waals surface area contributed by atoms with Gasteiger partial charge in [-0.1, -0.05) is 11.6 Å². The summed E-state index contributed by atoms with van der Waals surface area (Å²) < 4.78 is 40.1. The van der Waals surface area contributed by atoms with Crippen LogP contribution >= 0.6 is 22.9 Å². The molecule has 0 amide bonds. The molecule has 1 unspecified atom stereocenters. The molecule has 0 aliphatic heterocycles. The maximum Gasteiger partial charge on any atom is 0.182 e. The molecule has 1 aromatic heterocycles. The van der Waals surface area contributed by atoms with Crippen LogP contribution < -0.4 is 5.32 Å². The summed E-state index contributed by atoms with van der Waals surface area (Å²) in [5, 5.41) is 4.51. The van der Waals surface area contributed by atoms with Crippen molar-refractivity contribution in [2.75, 3.05) is 5.32 Å². The fourth-order valence-corrected chi connectivity index (χ4v) is 2.51. The van der Waals surface area contributed by atoms with Crippen molar-refractivity contribution >= 4 is 28.6 Å². The summed E-state index contributed by atoms with van der Waals surface area (Å²) in [6.07, 6.45) is 0. The van der Waals surface area contributed by atoms with E-state index >= 15 is 0 Å². The van der Waals surface area contributed by atoms with Crippen LogP contribution in [-0.2, 0) is 0 Å². The van der Waals surface area contributed by atoms with Crippen molar-refractivity contribution in [2.24, 2.45) is 0 Å². The first-order valence-electron chi connectivity index (χ1n) is 5.12. The van der Waals surface area contributed by atoms with Gasteiger partial charge in [-0.25, -0.2) is 13.2 Å². The quantitative estimate of drug-likeness (QED) is 0.785. The lowest BCUT2D eigenvalue weighted by Gasteiger charge is -2.15. The summed E-state index contributed by atoms with van der Waals surface area (Å²) in [6.45, 7) is 1.75. The van der Waals surface area contributed by atoms with E-state index in [1.807, 2.05) is 0 Å². The van der Waals surface area contributed by atoms with Gasteiger partial charge in [0.05, 0.1) is 10.0 Å². The van der Waals surface area contributed by atoms with Crippen LogP contribution in [0.3, 0.4) is 0 Å². The summed E-state index contributed by atoms with van der Waals surface area (Å²) in [5.74, 6) is -3.13. The number of nitrogens with one attached hydrogen (secondary N) is 1. The molecule has 1 heterocycles. The maximum atomic E-state index is 13.4. The van der Waals surface area contributed by atoms with Gasteiger partial charge in [0.2, 0.25) is 0 Å². The van der Waals surface area contributed by atoms with Crippen LogP contribution in [0.4, 0.5) is 18.9 Å². The molecule has 0 saturated heterocycles. The topological polar surface area (TPSA) is 12.0 Å². The molecule has 0 bridgehead atoms. The Labute approximate surface area is 111 Å². The van der Waals surface area contributed by atoms with Crippen molar-refractivity contribution in [3.05, 3.63) is 50.9 Å². The predicted octanol–water partition coefficient (Wildman–Crippen LogP) is 4.99. The molecule has 0 radical (unpaired) electrons. The highest BCUT2D eigenvalue weighted by molar-refractivity contribution is 7.14. The molecule has 0 aliphatic rings. The third kappa shape index (κ3) is 2.79. The van der Waals surface area contributed by atoms with Crippen LogP contribution in [0.15, 0.2) is 23.6 Å². The van der Waals surface area contributed by atoms with Gasteiger partial charge in [-0.05, 0) is 23.9 Å². The number of rotatable bonds is 3. The average Bonchev–Trinajstić information content (AvgIpc) is 2.72. The lowest BCUT2D eigenvalue weighted by Crippen LogP contribution is -2.08. The van der Waals surface area contributed by atoms with Gasteiger partial charge < -0.3 is 5.32 Å². The normalized spacial score (nSPS) is 12.5. The number of thiophene rings is 1. The first-order valence-corrected chi connectivity index (χ1v) is 6.38. The molecule has 1 atom stereocenters. The highest BCUT2D eigenvalue weighted by atomic mass is 35.5. The summed E-state index contributed by atoms with van der Waals surface area (Å²) in [4.78, 5) is 0.